The summed E-state index contributed by atoms with van der Waals surface area (Å²) in [4.78, 5) is 24.1. The van der Waals surface area contributed by atoms with Crippen LogP contribution in [0.2, 0.25) is 5.02 Å². The molecule has 0 aliphatic rings. The van der Waals surface area contributed by atoms with Gasteiger partial charge in [0.15, 0.2) is 5.78 Å². The van der Waals surface area contributed by atoms with Crippen LogP contribution in [0.1, 0.15) is 44.7 Å². The number of aliphatic hydroxyl groups excluding tert-OH is 1. The molecule has 0 amide bonds. The van der Waals surface area contributed by atoms with Gasteiger partial charge in [0, 0.05) is 34.2 Å². The Labute approximate surface area is 137 Å². The van der Waals surface area contributed by atoms with Gasteiger partial charge in [0.2, 0.25) is 0 Å². The van der Waals surface area contributed by atoms with Gasteiger partial charge in [-0.15, -0.1) is 0 Å². The molecule has 1 unspecified atom stereocenters. The van der Waals surface area contributed by atoms with Gasteiger partial charge in [-0.1, -0.05) is 18.5 Å². The molecule has 0 radical (unpaired) electrons. The van der Waals surface area contributed by atoms with Gasteiger partial charge in [-0.3, -0.25) is 4.79 Å². The number of hydrogen-bond acceptors (Lipinski definition) is 3. The molecule has 0 aliphatic heterocycles. The smallest absolute Gasteiger partial charge is 0.336 e. The van der Waals surface area contributed by atoms with Crippen LogP contribution >= 0.6 is 11.6 Å². The summed E-state index contributed by atoms with van der Waals surface area (Å²) in [6, 6.07) is 7.90. The number of carbonyl (C=O) groups excluding carboxylic acids is 1. The van der Waals surface area contributed by atoms with Crippen molar-refractivity contribution in [3.05, 3.63) is 69.5 Å². The molecule has 0 saturated carbocycles. The Morgan fingerprint density at radius 3 is 2.30 bits per heavy atom. The Morgan fingerprint density at radius 1 is 1.17 bits per heavy atom. The zero-order valence-corrected chi connectivity index (χ0v) is 13.0. The lowest BCUT2D eigenvalue weighted by atomic mass is 9.87. The van der Waals surface area contributed by atoms with Crippen LogP contribution in [0.4, 0.5) is 4.39 Å². The molecule has 120 valence electrons. The largest absolute Gasteiger partial charge is 0.478 e. The predicted molar refractivity (Wildman–Crippen MR) is 83.7 cm³/mol. The molecule has 2 aromatic rings. The number of carboxylic acids is 1. The van der Waals surface area contributed by atoms with Crippen molar-refractivity contribution in [1.82, 2.24) is 0 Å². The van der Waals surface area contributed by atoms with Gasteiger partial charge in [0.05, 0.1) is 5.56 Å². The van der Waals surface area contributed by atoms with E-state index in [4.69, 9.17) is 11.6 Å². The lowest BCUT2D eigenvalue weighted by molar-refractivity contribution is 0.0692. The summed E-state index contributed by atoms with van der Waals surface area (Å²) in [5.74, 6) is -3.42. The number of carboxylic acid groups (broad SMARTS) is 1. The molecular formula is C17H14ClFO4. The van der Waals surface area contributed by atoms with Crippen molar-refractivity contribution in [3.8, 4) is 0 Å². The molecule has 0 fully saturated rings. The first-order valence-electron chi connectivity index (χ1n) is 6.83. The molecule has 4 nitrogen and oxygen atoms in total. The van der Waals surface area contributed by atoms with Gasteiger partial charge in [0.1, 0.15) is 5.82 Å². The number of ketones is 1. The van der Waals surface area contributed by atoms with E-state index in [-0.39, 0.29) is 22.3 Å². The summed E-state index contributed by atoms with van der Waals surface area (Å²) in [6.07, 6.45) is 0. The molecule has 2 rings (SSSR count). The molecule has 0 bridgehead atoms. The number of hydrogen-bond donors (Lipinski definition) is 2. The van der Waals surface area contributed by atoms with E-state index in [0.717, 1.165) is 12.1 Å². The second kappa shape index (κ2) is 6.89. The van der Waals surface area contributed by atoms with E-state index in [1.165, 1.54) is 31.2 Å². The Hall–Kier alpha value is -2.24. The molecule has 0 aromatic heterocycles. The average molecular weight is 337 g/mol. The highest BCUT2D eigenvalue weighted by atomic mass is 35.5. The zero-order valence-electron chi connectivity index (χ0n) is 12.2. The van der Waals surface area contributed by atoms with Crippen molar-refractivity contribution in [2.45, 2.75) is 12.8 Å². The summed E-state index contributed by atoms with van der Waals surface area (Å²) >= 11 is 5.78. The third-order valence-corrected chi connectivity index (χ3v) is 3.77. The molecule has 0 saturated heterocycles. The van der Waals surface area contributed by atoms with Crippen molar-refractivity contribution in [2.75, 3.05) is 6.61 Å². The summed E-state index contributed by atoms with van der Waals surface area (Å²) < 4.78 is 14.2. The Morgan fingerprint density at radius 2 is 1.78 bits per heavy atom. The van der Waals surface area contributed by atoms with Crippen LogP contribution < -0.4 is 0 Å². The maximum Gasteiger partial charge on any atom is 0.336 e. The minimum atomic E-state index is -1.34. The first kappa shape index (κ1) is 17.1. The number of benzene rings is 2. The van der Waals surface area contributed by atoms with Gasteiger partial charge in [-0.05, 0) is 36.4 Å². The van der Waals surface area contributed by atoms with Crippen LogP contribution in [0.25, 0.3) is 0 Å². The lowest BCUT2D eigenvalue weighted by Crippen LogP contribution is -2.17. The molecule has 2 aromatic carbocycles. The van der Waals surface area contributed by atoms with Crippen molar-refractivity contribution in [3.63, 3.8) is 0 Å². The molecule has 0 aliphatic carbocycles. The van der Waals surface area contributed by atoms with E-state index in [1.807, 2.05) is 0 Å². The van der Waals surface area contributed by atoms with E-state index in [1.54, 1.807) is 0 Å². The first-order valence-corrected chi connectivity index (χ1v) is 7.21. The zero-order chi connectivity index (χ0) is 17.1. The minimum Gasteiger partial charge on any atom is -0.478 e. The SMILES string of the molecule is CC(CO)c1c(F)ccc(C(=O)O)c1C(=O)c1ccc(Cl)cc1. The second-order valence-electron chi connectivity index (χ2n) is 5.11. The van der Waals surface area contributed by atoms with Crippen LogP contribution in [0.3, 0.4) is 0 Å². The first-order chi connectivity index (χ1) is 10.9. The summed E-state index contributed by atoms with van der Waals surface area (Å²) in [5.41, 5.74) is -0.468. The normalized spacial score (nSPS) is 12.0. The second-order valence-corrected chi connectivity index (χ2v) is 5.54. The minimum absolute atomic E-state index is 0.104. The fourth-order valence-electron chi connectivity index (χ4n) is 2.34. The average Bonchev–Trinajstić information content (AvgIpc) is 2.53. The molecule has 0 spiro atoms. The van der Waals surface area contributed by atoms with Gasteiger partial charge < -0.3 is 10.2 Å². The number of aliphatic hydroxyl groups is 1. The van der Waals surface area contributed by atoms with Gasteiger partial charge >= 0.3 is 5.97 Å². The van der Waals surface area contributed by atoms with Crippen molar-refractivity contribution in [1.29, 1.82) is 0 Å². The topological polar surface area (TPSA) is 74.6 Å². The number of halogens is 2. The Balaban J connectivity index is 2.71. The standard InChI is InChI=1S/C17H14ClFO4/c1-9(8-20)14-13(19)7-6-12(17(22)23)15(14)16(21)10-2-4-11(18)5-3-10/h2-7,9,20H,8H2,1H3,(H,22,23). The predicted octanol–water partition coefficient (Wildman–Crippen LogP) is 3.50. The molecule has 1 atom stereocenters. The van der Waals surface area contributed by atoms with E-state index in [9.17, 15) is 24.2 Å². The van der Waals surface area contributed by atoms with Gasteiger partial charge in [-0.2, -0.15) is 0 Å². The number of rotatable bonds is 5. The van der Waals surface area contributed by atoms with Gasteiger partial charge in [0.25, 0.3) is 0 Å². The van der Waals surface area contributed by atoms with Crippen LogP contribution in [-0.2, 0) is 0 Å². The summed E-state index contributed by atoms with van der Waals surface area (Å²) in [6.45, 7) is 1.10. The number of aromatic carboxylic acids is 1. The quantitative estimate of drug-likeness (QED) is 0.819. The number of carbonyl (C=O) groups is 2. The molecular weight excluding hydrogens is 323 g/mol. The van der Waals surface area contributed by atoms with Crippen LogP contribution in [0.5, 0.6) is 0 Å². The third kappa shape index (κ3) is 3.41. The van der Waals surface area contributed by atoms with Crippen molar-refractivity contribution >= 4 is 23.4 Å². The van der Waals surface area contributed by atoms with E-state index in [2.05, 4.69) is 0 Å². The van der Waals surface area contributed by atoms with Crippen molar-refractivity contribution < 1.29 is 24.2 Å². The molecule has 0 heterocycles. The van der Waals surface area contributed by atoms with Crippen LogP contribution in [-0.4, -0.2) is 28.6 Å². The molecule has 23 heavy (non-hydrogen) atoms. The Bertz CT molecular complexity index is 756. The van der Waals surface area contributed by atoms with E-state index >= 15 is 0 Å². The van der Waals surface area contributed by atoms with E-state index < -0.39 is 30.1 Å². The van der Waals surface area contributed by atoms with Crippen LogP contribution in [0, 0.1) is 5.82 Å². The monoisotopic (exact) mass is 336 g/mol. The van der Waals surface area contributed by atoms with Crippen molar-refractivity contribution in [2.24, 2.45) is 0 Å². The Kier molecular flexibility index (Phi) is 5.13. The fraction of sp³-hybridized carbons (Fsp3) is 0.176. The highest BCUT2D eigenvalue weighted by Crippen LogP contribution is 2.29. The third-order valence-electron chi connectivity index (χ3n) is 3.52. The summed E-state index contributed by atoms with van der Waals surface area (Å²) in [5, 5.41) is 19.0. The maximum atomic E-state index is 14.2. The highest BCUT2D eigenvalue weighted by Gasteiger charge is 2.27. The summed E-state index contributed by atoms with van der Waals surface area (Å²) in [7, 11) is 0. The lowest BCUT2D eigenvalue weighted by Gasteiger charge is -2.17. The molecule has 6 heteroatoms. The van der Waals surface area contributed by atoms with Gasteiger partial charge in [-0.25, -0.2) is 9.18 Å². The van der Waals surface area contributed by atoms with E-state index in [0.29, 0.717) is 5.02 Å². The highest BCUT2D eigenvalue weighted by molar-refractivity contribution is 6.30. The molecule has 2 N–H and O–H groups in total. The van der Waals surface area contributed by atoms with Crippen LogP contribution in [0.15, 0.2) is 36.4 Å². The fourth-order valence-corrected chi connectivity index (χ4v) is 2.46. The maximum absolute atomic E-state index is 14.2.